The third-order valence-corrected chi connectivity index (χ3v) is 12.0. The van der Waals surface area contributed by atoms with Crippen molar-refractivity contribution in [2.45, 2.75) is 0 Å². The molecule has 0 aliphatic heterocycles. The molecule has 0 amide bonds. The molecule has 0 saturated carbocycles. The number of hydrogen-bond donors (Lipinski definition) is 0. The number of fused-ring (bicyclic) bond motifs is 12. The Hall–Kier alpha value is -7.15. The molecule has 0 unspecified atom stereocenters. The molecule has 4 heterocycles. The molecule has 8 aromatic carbocycles. The molecule has 0 saturated heterocycles. The lowest BCUT2D eigenvalue weighted by atomic mass is 9.98. The van der Waals surface area contributed by atoms with Gasteiger partial charge in [0.15, 0.2) is 17.5 Å². The van der Waals surface area contributed by atoms with Gasteiger partial charge < -0.3 is 8.98 Å². The Morgan fingerprint density at radius 3 is 1.85 bits per heavy atom. The van der Waals surface area contributed by atoms with Crippen molar-refractivity contribution >= 4 is 86.0 Å². The van der Waals surface area contributed by atoms with Crippen LogP contribution in [0.15, 0.2) is 174 Å². The predicted octanol–water partition coefficient (Wildman–Crippen LogP) is 13.4. The summed E-state index contributed by atoms with van der Waals surface area (Å²) in [5.74, 6) is 1.86. The Morgan fingerprint density at radius 1 is 0.436 bits per heavy atom. The summed E-state index contributed by atoms with van der Waals surface area (Å²) in [6, 6.07) is 59.5. The number of aromatic nitrogens is 4. The van der Waals surface area contributed by atoms with Gasteiger partial charge in [-0.3, -0.25) is 0 Å². The highest BCUT2D eigenvalue weighted by atomic mass is 32.1. The molecule has 6 heteroatoms. The smallest absolute Gasteiger partial charge is 0.164 e. The number of nitrogens with zero attached hydrogens (tertiary/aromatic N) is 4. The molecule has 4 aromatic heterocycles. The van der Waals surface area contributed by atoms with Crippen molar-refractivity contribution < 1.29 is 4.42 Å². The zero-order chi connectivity index (χ0) is 36.0. The Morgan fingerprint density at radius 2 is 1.07 bits per heavy atom. The minimum Gasteiger partial charge on any atom is -0.455 e. The molecule has 0 aliphatic rings. The molecular weight excluding hydrogens is 693 g/mol. The topological polar surface area (TPSA) is 56.7 Å². The van der Waals surface area contributed by atoms with Gasteiger partial charge >= 0.3 is 0 Å². The summed E-state index contributed by atoms with van der Waals surface area (Å²) in [5, 5.41) is 9.09. The van der Waals surface area contributed by atoms with Crippen molar-refractivity contribution in [3.05, 3.63) is 170 Å². The van der Waals surface area contributed by atoms with Gasteiger partial charge in [-0.15, -0.1) is 11.3 Å². The lowest BCUT2D eigenvalue weighted by Crippen LogP contribution is -2.01. The summed E-state index contributed by atoms with van der Waals surface area (Å²) >= 11 is 1.85. The Kier molecular flexibility index (Phi) is 6.44. The number of para-hydroxylation sites is 2. The number of hydrogen-bond acceptors (Lipinski definition) is 5. The SMILES string of the molecule is c1ccc(-c2nc(-c3ccccc3)nc(-c3cc4c5ccccc5oc4c4ccc(-n5c6ccccc6c6ccc7sc8ccccc8c7c65)cc34)n2)cc1. The van der Waals surface area contributed by atoms with Crippen molar-refractivity contribution in [1.82, 2.24) is 19.5 Å². The second kappa shape index (κ2) is 11.7. The first-order chi connectivity index (χ1) is 27.3. The number of furan rings is 1. The van der Waals surface area contributed by atoms with Gasteiger partial charge in [-0.2, -0.15) is 0 Å². The first-order valence-electron chi connectivity index (χ1n) is 18.4. The standard InChI is InChI=1S/C49H28N4OS/c1-3-13-29(14-4-1)47-50-48(30-15-5-2-6-16-30)52-49(51-47)39-28-38-33-18-8-11-21-41(33)54-46(38)35-24-23-31(27-37(35)39)53-40-20-10-7-17-32(40)34-25-26-43-44(45(34)53)36-19-9-12-22-42(36)55-43/h1-28H. The second-order valence-corrected chi connectivity index (χ2v) is 15.0. The van der Waals surface area contributed by atoms with Crippen molar-refractivity contribution in [3.63, 3.8) is 0 Å². The fourth-order valence-corrected chi connectivity index (χ4v) is 9.48. The summed E-state index contributed by atoms with van der Waals surface area (Å²) in [4.78, 5) is 15.5. The lowest BCUT2D eigenvalue weighted by Gasteiger charge is -2.14. The van der Waals surface area contributed by atoms with E-state index < -0.39 is 0 Å². The Balaban J connectivity index is 1.21. The maximum absolute atomic E-state index is 6.65. The Labute approximate surface area is 318 Å². The van der Waals surface area contributed by atoms with Gasteiger partial charge in [0, 0.05) is 69.5 Å². The van der Waals surface area contributed by atoms with Crippen LogP contribution in [0.5, 0.6) is 0 Å². The molecular formula is C49H28N4OS. The van der Waals surface area contributed by atoms with Gasteiger partial charge in [-0.05, 0) is 53.9 Å². The van der Waals surface area contributed by atoms with Crippen LogP contribution in [0, 0.1) is 0 Å². The van der Waals surface area contributed by atoms with Crippen LogP contribution in [0.25, 0.3) is 115 Å². The first kappa shape index (κ1) is 30.3. The van der Waals surface area contributed by atoms with Crippen molar-refractivity contribution in [2.24, 2.45) is 0 Å². The number of benzene rings is 8. The van der Waals surface area contributed by atoms with E-state index in [-0.39, 0.29) is 0 Å². The fraction of sp³-hybridized carbons (Fsp3) is 0. The minimum atomic E-state index is 0.607. The van der Waals surface area contributed by atoms with Crippen LogP contribution in [0.4, 0.5) is 0 Å². The van der Waals surface area contributed by atoms with Crippen LogP contribution in [0.2, 0.25) is 0 Å². The summed E-state index contributed by atoms with van der Waals surface area (Å²) in [5.41, 5.74) is 7.89. The molecule has 5 nitrogen and oxygen atoms in total. The van der Waals surface area contributed by atoms with Gasteiger partial charge in [-0.25, -0.2) is 15.0 Å². The van der Waals surface area contributed by atoms with Gasteiger partial charge in [-0.1, -0.05) is 121 Å². The molecule has 12 rings (SSSR count). The quantitative estimate of drug-likeness (QED) is 0.182. The monoisotopic (exact) mass is 720 g/mol. The summed E-state index contributed by atoms with van der Waals surface area (Å²) in [6.45, 7) is 0. The zero-order valence-corrected chi connectivity index (χ0v) is 30.1. The van der Waals surface area contributed by atoms with E-state index in [9.17, 15) is 0 Å². The van der Waals surface area contributed by atoms with Crippen LogP contribution in [-0.4, -0.2) is 19.5 Å². The molecule has 0 bridgehead atoms. The van der Waals surface area contributed by atoms with Gasteiger partial charge in [0.2, 0.25) is 0 Å². The largest absolute Gasteiger partial charge is 0.455 e. The average Bonchev–Trinajstić information content (AvgIpc) is 3.93. The van der Waals surface area contributed by atoms with E-state index in [1.807, 2.05) is 84.1 Å². The van der Waals surface area contributed by atoms with Crippen molar-refractivity contribution in [3.8, 4) is 39.9 Å². The zero-order valence-electron chi connectivity index (χ0n) is 29.3. The number of rotatable bonds is 4. The normalized spacial score (nSPS) is 12.0. The summed E-state index contributed by atoms with van der Waals surface area (Å²) < 4.78 is 11.7. The molecule has 0 atom stereocenters. The summed E-state index contributed by atoms with van der Waals surface area (Å²) in [6.07, 6.45) is 0. The molecule has 12 aromatic rings. The third kappa shape index (κ3) is 4.55. The van der Waals surface area contributed by atoms with E-state index in [4.69, 9.17) is 19.4 Å². The van der Waals surface area contributed by atoms with E-state index >= 15 is 0 Å². The van der Waals surface area contributed by atoms with E-state index in [2.05, 4.69) is 102 Å². The molecule has 0 N–H and O–H groups in total. The number of thiophene rings is 1. The highest BCUT2D eigenvalue weighted by Gasteiger charge is 2.22. The maximum Gasteiger partial charge on any atom is 0.164 e. The third-order valence-electron chi connectivity index (χ3n) is 10.8. The minimum absolute atomic E-state index is 0.607. The highest BCUT2D eigenvalue weighted by Crippen LogP contribution is 2.45. The van der Waals surface area contributed by atoms with E-state index in [0.717, 1.165) is 60.6 Å². The van der Waals surface area contributed by atoms with Crippen molar-refractivity contribution in [2.75, 3.05) is 0 Å². The molecule has 0 spiro atoms. The molecule has 0 fully saturated rings. The Bertz CT molecular complexity index is 3430. The molecule has 0 aliphatic carbocycles. The van der Waals surface area contributed by atoms with Crippen LogP contribution >= 0.6 is 11.3 Å². The van der Waals surface area contributed by atoms with Crippen LogP contribution < -0.4 is 0 Å². The van der Waals surface area contributed by atoms with Crippen LogP contribution in [0.3, 0.4) is 0 Å². The van der Waals surface area contributed by atoms with Crippen LogP contribution in [-0.2, 0) is 0 Å². The van der Waals surface area contributed by atoms with Gasteiger partial charge in [0.05, 0.1) is 11.0 Å². The highest BCUT2D eigenvalue weighted by molar-refractivity contribution is 7.26. The lowest BCUT2D eigenvalue weighted by molar-refractivity contribution is 0.672. The van der Waals surface area contributed by atoms with E-state index in [1.54, 1.807) is 0 Å². The maximum atomic E-state index is 6.65. The predicted molar refractivity (Wildman–Crippen MR) is 228 cm³/mol. The molecule has 55 heavy (non-hydrogen) atoms. The van der Waals surface area contributed by atoms with E-state index in [0.29, 0.717) is 17.5 Å². The van der Waals surface area contributed by atoms with Crippen molar-refractivity contribution in [1.29, 1.82) is 0 Å². The van der Waals surface area contributed by atoms with Gasteiger partial charge in [0.25, 0.3) is 0 Å². The van der Waals surface area contributed by atoms with Crippen LogP contribution in [0.1, 0.15) is 0 Å². The second-order valence-electron chi connectivity index (χ2n) is 14.0. The summed E-state index contributed by atoms with van der Waals surface area (Å²) in [7, 11) is 0. The van der Waals surface area contributed by atoms with E-state index in [1.165, 1.54) is 36.5 Å². The average molecular weight is 721 g/mol. The first-order valence-corrected chi connectivity index (χ1v) is 19.2. The molecule has 0 radical (unpaired) electrons. The van der Waals surface area contributed by atoms with Gasteiger partial charge in [0.1, 0.15) is 11.2 Å². The fourth-order valence-electron chi connectivity index (χ4n) is 8.37. The molecule has 256 valence electrons.